The van der Waals surface area contributed by atoms with Crippen LogP contribution in [0.25, 0.3) is 0 Å². The molecule has 0 radical (unpaired) electrons. The van der Waals surface area contributed by atoms with Gasteiger partial charge in [0.05, 0.1) is 12.2 Å². The summed E-state index contributed by atoms with van der Waals surface area (Å²) < 4.78 is 0.147. The maximum atomic E-state index is 12.8. The van der Waals surface area contributed by atoms with E-state index in [2.05, 4.69) is 12.4 Å². The van der Waals surface area contributed by atoms with E-state index in [9.17, 15) is 24.6 Å². The standard InChI is InChI=1S/C20H24N2O6/c1-11-3-5-14(17(23)24)13(7-11)10-28-21-16-9-22(16)19(27)20(22)8-12(2)4-6-15(20)18(25)26/h3,5,7,12,15-16,21H,4,6,8-10H2,1-2H3,(H-,23,24,25,26)/p+1. The van der Waals surface area contributed by atoms with Crippen molar-refractivity contribution >= 4 is 17.8 Å². The van der Waals surface area contributed by atoms with Gasteiger partial charge in [0.15, 0.2) is 6.54 Å². The molecule has 1 aromatic rings. The summed E-state index contributed by atoms with van der Waals surface area (Å²) in [6.45, 7) is 4.52. The van der Waals surface area contributed by atoms with Gasteiger partial charge in [0.25, 0.3) is 0 Å². The molecule has 1 aliphatic carbocycles. The number of hydroxylamine groups is 1. The van der Waals surface area contributed by atoms with Gasteiger partial charge in [0.1, 0.15) is 5.92 Å². The van der Waals surface area contributed by atoms with Crippen molar-refractivity contribution in [2.75, 3.05) is 6.54 Å². The lowest BCUT2D eigenvalue weighted by Gasteiger charge is -2.27. The Morgan fingerprint density at radius 2 is 2.07 bits per heavy atom. The first-order valence-electron chi connectivity index (χ1n) is 9.60. The van der Waals surface area contributed by atoms with Gasteiger partial charge in [-0.2, -0.15) is 0 Å². The number of aromatic carboxylic acids is 1. The first kappa shape index (κ1) is 19.0. The van der Waals surface area contributed by atoms with E-state index in [0.29, 0.717) is 30.9 Å². The molecule has 3 fully saturated rings. The number of rotatable bonds is 6. The van der Waals surface area contributed by atoms with Crippen molar-refractivity contribution in [3.63, 3.8) is 0 Å². The molecule has 1 amide bonds. The van der Waals surface area contributed by atoms with Gasteiger partial charge in [0.2, 0.25) is 11.7 Å². The number of nitrogens with zero attached hydrogens (tertiary/aromatic N) is 1. The van der Waals surface area contributed by atoms with Crippen LogP contribution in [-0.4, -0.2) is 50.8 Å². The molecule has 5 unspecified atom stereocenters. The zero-order valence-electron chi connectivity index (χ0n) is 16.0. The molecule has 28 heavy (non-hydrogen) atoms. The summed E-state index contributed by atoms with van der Waals surface area (Å²) in [6, 6.07) is 5.04. The van der Waals surface area contributed by atoms with Crippen LogP contribution in [-0.2, 0) is 21.0 Å². The summed E-state index contributed by atoms with van der Waals surface area (Å²) in [4.78, 5) is 41.4. The van der Waals surface area contributed by atoms with E-state index in [4.69, 9.17) is 4.84 Å². The fourth-order valence-corrected chi connectivity index (χ4v) is 5.22. The number of fused-ring (bicyclic) bond motifs is 1. The minimum absolute atomic E-state index is 0.00525. The fraction of sp³-hybridized carbons (Fsp3) is 0.550. The van der Waals surface area contributed by atoms with Crippen LogP contribution in [0.5, 0.6) is 0 Å². The van der Waals surface area contributed by atoms with Gasteiger partial charge in [0, 0.05) is 6.42 Å². The minimum Gasteiger partial charge on any atom is -0.481 e. The van der Waals surface area contributed by atoms with Crippen molar-refractivity contribution in [3.8, 4) is 0 Å². The maximum absolute atomic E-state index is 12.8. The van der Waals surface area contributed by atoms with Gasteiger partial charge < -0.3 is 10.2 Å². The highest BCUT2D eigenvalue weighted by Crippen LogP contribution is 2.65. The van der Waals surface area contributed by atoms with Crippen LogP contribution in [0.4, 0.5) is 0 Å². The molecule has 3 N–H and O–H groups in total. The van der Waals surface area contributed by atoms with Crippen LogP contribution in [0, 0.1) is 18.8 Å². The molecule has 1 saturated carbocycles. The van der Waals surface area contributed by atoms with Gasteiger partial charge in [-0.15, -0.1) is 5.48 Å². The largest absolute Gasteiger partial charge is 0.481 e. The van der Waals surface area contributed by atoms with Crippen LogP contribution in [0.1, 0.15) is 47.7 Å². The summed E-state index contributed by atoms with van der Waals surface area (Å²) in [7, 11) is 0. The number of nitrogens with one attached hydrogen (secondary N) is 1. The molecule has 1 aromatic carbocycles. The topological polar surface area (TPSA) is 113 Å². The second-order valence-electron chi connectivity index (χ2n) is 8.45. The summed E-state index contributed by atoms with van der Waals surface area (Å²) >= 11 is 0. The second kappa shape index (κ2) is 6.37. The number of hydrogen-bond donors (Lipinski definition) is 3. The molecule has 8 heteroatoms. The van der Waals surface area contributed by atoms with Crippen molar-refractivity contribution in [2.24, 2.45) is 11.8 Å². The van der Waals surface area contributed by atoms with Crippen molar-refractivity contribution < 1.29 is 33.9 Å². The Morgan fingerprint density at radius 3 is 2.75 bits per heavy atom. The number of benzene rings is 1. The highest BCUT2D eigenvalue weighted by Gasteiger charge is 2.95. The molecule has 8 nitrogen and oxygen atoms in total. The first-order chi connectivity index (χ1) is 13.2. The number of quaternary nitrogens is 1. The highest BCUT2D eigenvalue weighted by atomic mass is 16.7. The number of carbonyl (C=O) groups excluding carboxylic acids is 1. The summed E-state index contributed by atoms with van der Waals surface area (Å²) in [6.07, 6.45) is 1.69. The Balaban J connectivity index is 1.43. The number of carboxylic acid groups (broad SMARTS) is 2. The lowest BCUT2D eigenvalue weighted by Crippen LogP contribution is -2.42. The molecule has 0 bridgehead atoms. The van der Waals surface area contributed by atoms with E-state index in [1.807, 2.05) is 6.92 Å². The molecule has 4 rings (SSSR count). The number of amides is 1. The Labute approximate surface area is 162 Å². The van der Waals surface area contributed by atoms with Crippen molar-refractivity contribution in [1.29, 1.82) is 0 Å². The molecule has 5 atom stereocenters. The third-order valence-corrected chi connectivity index (χ3v) is 6.67. The molecule has 2 spiro atoms. The highest BCUT2D eigenvalue weighted by molar-refractivity contribution is 5.99. The first-order valence-corrected chi connectivity index (χ1v) is 9.60. The summed E-state index contributed by atoms with van der Waals surface area (Å²) in [5.74, 6) is -2.24. The van der Waals surface area contributed by atoms with E-state index in [-0.39, 0.29) is 28.7 Å². The Bertz CT molecular complexity index is 870. The minimum atomic E-state index is -1.02. The van der Waals surface area contributed by atoms with Crippen LogP contribution >= 0.6 is 0 Å². The predicted octanol–water partition coefficient (Wildman–Crippen LogP) is 1.67. The molecule has 2 heterocycles. The zero-order valence-corrected chi connectivity index (χ0v) is 16.0. The number of carboxylic acids is 2. The van der Waals surface area contributed by atoms with E-state index in [1.54, 1.807) is 18.2 Å². The lowest BCUT2D eigenvalue weighted by molar-refractivity contribution is -0.682. The van der Waals surface area contributed by atoms with Crippen LogP contribution in [0.3, 0.4) is 0 Å². The quantitative estimate of drug-likeness (QED) is 0.385. The second-order valence-corrected chi connectivity index (χ2v) is 8.45. The van der Waals surface area contributed by atoms with Crippen molar-refractivity contribution in [3.05, 3.63) is 34.9 Å². The average molecular weight is 389 g/mol. The number of aryl methyl sites for hydroxylation is 1. The lowest BCUT2D eigenvalue weighted by atomic mass is 9.73. The summed E-state index contributed by atoms with van der Waals surface area (Å²) in [5, 5.41) is 18.9. The van der Waals surface area contributed by atoms with Crippen LogP contribution < -0.4 is 5.48 Å². The predicted molar refractivity (Wildman–Crippen MR) is 96.9 cm³/mol. The molecule has 150 valence electrons. The average Bonchev–Trinajstić information content (AvgIpc) is 3.46. The molecular weight excluding hydrogens is 364 g/mol. The van der Waals surface area contributed by atoms with Crippen LogP contribution in [0.2, 0.25) is 0 Å². The maximum Gasteiger partial charge on any atom is 0.379 e. The third kappa shape index (κ3) is 2.59. The molecule has 3 aliphatic rings. The normalized spacial score (nSPS) is 35.9. The number of hydrogen-bond acceptors (Lipinski definition) is 5. The zero-order chi connectivity index (χ0) is 20.3. The molecule has 2 aliphatic heterocycles. The molecule has 2 saturated heterocycles. The van der Waals surface area contributed by atoms with Gasteiger partial charge in [-0.1, -0.05) is 24.6 Å². The Morgan fingerprint density at radius 1 is 1.32 bits per heavy atom. The van der Waals surface area contributed by atoms with Gasteiger partial charge in [-0.25, -0.2) is 14.1 Å². The van der Waals surface area contributed by atoms with Gasteiger partial charge in [-0.3, -0.25) is 9.63 Å². The van der Waals surface area contributed by atoms with Crippen molar-refractivity contribution in [2.45, 2.75) is 51.4 Å². The van der Waals surface area contributed by atoms with E-state index in [0.717, 1.165) is 12.0 Å². The van der Waals surface area contributed by atoms with Crippen LogP contribution in [0.15, 0.2) is 18.2 Å². The monoisotopic (exact) mass is 389 g/mol. The Kier molecular flexibility index (Phi) is 4.33. The van der Waals surface area contributed by atoms with E-state index >= 15 is 0 Å². The number of carbonyl (C=O) groups is 3. The van der Waals surface area contributed by atoms with Gasteiger partial charge >= 0.3 is 17.8 Å². The smallest absolute Gasteiger partial charge is 0.379 e. The van der Waals surface area contributed by atoms with Gasteiger partial charge in [-0.05, 0) is 37.3 Å². The van der Waals surface area contributed by atoms with E-state index in [1.165, 1.54) is 0 Å². The van der Waals surface area contributed by atoms with E-state index < -0.39 is 23.4 Å². The Hall–Kier alpha value is -2.29. The summed E-state index contributed by atoms with van der Waals surface area (Å²) in [5.41, 5.74) is 3.72. The number of aliphatic carboxylic acids is 1. The fourth-order valence-electron chi connectivity index (χ4n) is 5.22. The SMILES string of the molecule is Cc1ccc(C(=O)O)c(CONC2C[N+]23C(=O)C32CC(C)CCC2C(=O)O)c1. The third-order valence-electron chi connectivity index (χ3n) is 6.67. The van der Waals surface area contributed by atoms with Crippen molar-refractivity contribution in [1.82, 2.24) is 5.48 Å². The molecular formula is C20H25N2O6+. The molecule has 0 aromatic heterocycles.